The number of rotatable bonds is 2. The number of benzene rings is 1. The predicted octanol–water partition coefficient (Wildman–Crippen LogP) is 2.05. The smallest absolute Gasteiger partial charge is 0.289 e. The van der Waals surface area contributed by atoms with Gasteiger partial charge in [0.25, 0.3) is 5.91 Å². The number of nitrogens with one attached hydrogen (secondary N) is 1. The van der Waals surface area contributed by atoms with E-state index in [-0.39, 0.29) is 5.91 Å². The van der Waals surface area contributed by atoms with Gasteiger partial charge in [-0.15, -0.1) is 0 Å². The first-order chi connectivity index (χ1) is 11.7. The summed E-state index contributed by atoms with van der Waals surface area (Å²) in [6, 6.07) is 10.2. The second-order valence-corrected chi connectivity index (χ2v) is 5.99. The lowest BCUT2D eigenvalue weighted by Crippen LogP contribution is -2.34. The van der Waals surface area contributed by atoms with Gasteiger partial charge in [0.15, 0.2) is 5.82 Å². The molecule has 1 aliphatic heterocycles. The number of carbonyl (C=O) groups is 1. The summed E-state index contributed by atoms with van der Waals surface area (Å²) in [4.78, 5) is 21.4. The Hall–Kier alpha value is -2.89. The summed E-state index contributed by atoms with van der Waals surface area (Å²) in [5.41, 5.74) is 4.61. The van der Waals surface area contributed by atoms with Gasteiger partial charge in [0.05, 0.1) is 5.69 Å². The van der Waals surface area contributed by atoms with Crippen molar-refractivity contribution in [1.29, 1.82) is 0 Å². The standard InChI is InChI=1S/C18H19N5O/c1-22-15-8-12-23(18(24)17-19-9-10-20-17)11-7-14(15)16(21-22)13-5-3-2-4-6-13/h2-6,9-10H,7-8,11-12H2,1H3,(H,19,20). The molecule has 3 aromatic rings. The Bertz CT molecular complexity index is 851. The molecular formula is C18H19N5O. The van der Waals surface area contributed by atoms with Crippen molar-refractivity contribution >= 4 is 5.91 Å². The van der Waals surface area contributed by atoms with E-state index >= 15 is 0 Å². The number of nitrogens with zero attached hydrogens (tertiary/aromatic N) is 4. The lowest BCUT2D eigenvalue weighted by atomic mass is 10.0. The molecule has 122 valence electrons. The molecule has 1 amide bonds. The Balaban J connectivity index is 1.63. The molecular weight excluding hydrogens is 302 g/mol. The third-order valence-corrected chi connectivity index (χ3v) is 4.56. The maximum atomic E-state index is 12.5. The molecule has 6 heteroatoms. The number of aromatic nitrogens is 4. The lowest BCUT2D eigenvalue weighted by Gasteiger charge is -2.19. The summed E-state index contributed by atoms with van der Waals surface area (Å²) in [7, 11) is 1.98. The average molecular weight is 321 g/mol. The quantitative estimate of drug-likeness (QED) is 0.785. The van der Waals surface area contributed by atoms with Crippen molar-refractivity contribution in [2.24, 2.45) is 7.05 Å². The number of H-pyrrole nitrogens is 1. The van der Waals surface area contributed by atoms with Crippen LogP contribution in [0.15, 0.2) is 42.7 Å². The van der Waals surface area contributed by atoms with Gasteiger partial charge in [-0.2, -0.15) is 5.10 Å². The zero-order chi connectivity index (χ0) is 16.5. The highest BCUT2D eigenvalue weighted by Gasteiger charge is 2.25. The molecule has 4 rings (SSSR count). The van der Waals surface area contributed by atoms with E-state index in [1.54, 1.807) is 12.4 Å². The molecule has 1 aromatic carbocycles. The van der Waals surface area contributed by atoms with Gasteiger partial charge in [0.2, 0.25) is 0 Å². The number of fused-ring (bicyclic) bond motifs is 1. The first kappa shape index (κ1) is 14.7. The third kappa shape index (κ3) is 2.50. The molecule has 0 radical (unpaired) electrons. The van der Waals surface area contributed by atoms with E-state index in [4.69, 9.17) is 5.10 Å². The predicted molar refractivity (Wildman–Crippen MR) is 90.5 cm³/mol. The van der Waals surface area contributed by atoms with Crippen LogP contribution >= 0.6 is 0 Å². The Labute approximate surface area is 140 Å². The van der Waals surface area contributed by atoms with Crippen LogP contribution in [-0.4, -0.2) is 43.6 Å². The number of amides is 1. The summed E-state index contributed by atoms with van der Waals surface area (Å²) in [5, 5.41) is 4.72. The van der Waals surface area contributed by atoms with Gasteiger partial charge in [-0.25, -0.2) is 4.98 Å². The number of aromatic amines is 1. The Morgan fingerprint density at radius 3 is 2.71 bits per heavy atom. The van der Waals surface area contributed by atoms with Crippen LogP contribution in [0, 0.1) is 0 Å². The first-order valence-corrected chi connectivity index (χ1v) is 8.13. The minimum Gasteiger partial charge on any atom is -0.341 e. The Morgan fingerprint density at radius 2 is 1.96 bits per heavy atom. The molecule has 2 aromatic heterocycles. The normalized spacial score (nSPS) is 14.3. The highest BCUT2D eigenvalue weighted by Crippen LogP contribution is 2.28. The summed E-state index contributed by atoms with van der Waals surface area (Å²) >= 11 is 0. The maximum absolute atomic E-state index is 12.5. The topological polar surface area (TPSA) is 66.8 Å². The second kappa shape index (κ2) is 5.96. The molecule has 1 N–H and O–H groups in total. The summed E-state index contributed by atoms with van der Waals surface area (Å²) in [6.45, 7) is 1.36. The van der Waals surface area contributed by atoms with E-state index in [1.165, 1.54) is 11.3 Å². The number of imidazole rings is 1. The lowest BCUT2D eigenvalue weighted by molar-refractivity contribution is 0.0751. The molecule has 0 fully saturated rings. The number of hydrogen-bond acceptors (Lipinski definition) is 3. The van der Waals surface area contributed by atoms with Gasteiger partial charge in [-0.3, -0.25) is 9.48 Å². The molecule has 3 heterocycles. The molecule has 0 saturated heterocycles. The minimum atomic E-state index is -0.0398. The highest BCUT2D eigenvalue weighted by atomic mass is 16.2. The number of hydrogen-bond donors (Lipinski definition) is 1. The van der Waals surface area contributed by atoms with E-state index in [1.807, 2.05) is 34.8 Å². The van der Waals surface area contributed by atoms with Crippen molar-refractivity contribution in [3.05, 3.63) is 59.8 Å². The van der Waals surface area contributed by atoms with E-state index in [9.17, 15) is 4.79 Å². The largest absolute Gasteiger partial charge is 0.341 e. The first-order valence-electron chi connectivity index (χ1n) is 8.13. The number of carbonyl (C=O) groups excluding carboxylic acids is 1. The van der Waals surface area contributed by atoms with Gasteiger partial charge >= 0.3 is 0 Å². The van der Waals surface area contributed by atoms with Crippen LogP contribution < -0.4 is 0 Å². The van der Waals surface area contributed by atoms with E-state index in [0.29, 0.717) is 18.9 Å². The van der Waals surface area contributed by atoms with Crippen molar-refractivity contribution in [3.8, 4) is 11.3 Å². The van der Waals surface area contributed by atoms with Crippen molar-refractivity contribution in [2.75, 3.05) is 13.1 Å². The van der Waals surface area contributed by atoms with Gasteiger partial charge in [-0.1, -0.05) is 30.3 Å². The van der Waals surface area contributed by atoms with Crippen molar-refractivity contribution in [2.45, 2.75) is 12.8 Å². The summed E-state index contributed by atoms with van der Waals surface area (Å²) in [6.07, 6.45) is 4.90. The molecule has 0 aliphatic carbocycles. The van der Waals surface area contributed by atoms with Crippen LogP contribution in [0.2, 0.25) is 0 Å². The van der Waals surface area contributed by atoms with Crippen LogP contribution in [0.3, 0.4) is 0 Å². The third-order valence-electron chi connectivity index (χ3n) is 4.56. The zero-order valence-electron chi connectivity index (χ0n) is 13.6. The van der Waals surface area contributed by atoms with Crippen molar-refractivity contribution in [1.82, 2.24) is 24.6 Å². The fraction of sp³-hybridized carbons (Fsp3) is 0.278. The minimum absolute atomic E-state index is 0.0398. The highest BCUT2D eigenvalue weighted by molar-refractivity contribution is 5.90. The van der Waals surface area contributed by atoms with Crippen LogP contribution in [0.25, 0.3) is 11.3 Å². The molecule has 0 spiro atoms. The SMILES string of the molecule is Cn1nc(-c2ccccc2)c2c1CCN(C(=O)c1ncc[nH]1)CC2. The maximum Gasteiger partial charge on any atom is 0.289 e. The monoisotopic (exact) mass is 321 g/mol. The average Bonchev–Trinajstić information content (AvgIpc) is 3.18. The molecule has 0 atom stereocenters. The zero-order valence-corrected chi connectivity index (χ0v) is 13.6. The van der Waals surface area contributed by atoms with Crippen LogP contribution in [0.5, 0.6) is 0 Å². The Kier molecular flexibility index (Phi) is 3.65. The summed E-state index contributed by atoms with van der Waals surface area (Å²) in [5.74, 6) is 0.365. The van der Waals surface area contributed by atoms with Crippen LogP contribution in [0.4, 0.5) is 0 Å². The molecule has 0 unspecified atom stereocenters. The molecule has 1 aliphatic rings. The summed E-state index contributed by atoms with van der Waals surface area (Å²) < 4.78 is 1.96. The fourth-order valence-corrected chi connectivity index (χ4v) is 3.34. The second-order valence-electron chi connectivity index (χ2n) is 5.99. The molecule has 0 bridgehead atoms. The number of aryl methyl sites for hydroxylation is 1. The molecule has 6 nitrogen and oxygen atoms in total. The van der Waals surface area contributed by atoms with E-state index in [0.717, 1.165) is 24.1 Å². The fourth-order valence-electron chi connectivity index (χ4n) is 3.34. The van der Waals surface area contributed by atoms with Gasteiger partial charge in [0.1, 0.15) is 0 Å². The van der Waals surface area contributed by atoms with Crippen molar-refractivity contribution in [3.63, 3.8) is 0 Å². The van der Waals surface area contributed by atoms with Crippen molar-refractivity contribution < 1.29 is 4.79 Å². The van der Waals surface area contributed by atoms with Crippen LogP contribution in [0.1, 0.15) is 21.9 Å². The Morgan fingerprint density at radius 1 is 1.17 bits per heavy atom. The molecule has 0 saturated carbocycles. The van der Waals surface area contributed by atoms with Crippen LogP contribution in [-0.2, 0) is 19.9 Å². The van der Waals surface area contributed by atoms with Gasteiger partial charge in [-0.05, 0) is 6.42 Å². The van der Waals surface area contributed by atoms with Gasteiger partial charge < -0.3 is 9.88 Å². The van der Waals surface area contributed by atoms with Gasteiger partial charge in [0, 0.05) is 55.8 Å². The van der Waals surface area contributed by atoms with E-state index < -0.39 is 0 Å². The van der Waals surface area contributed by atoms with E-state index in [2.05, 4.69) is 22.1 Å². The molecule has 24 heavy (non-hydrogen) atoms.